The Morgan fingerprint density at radius 3 is 2.84 bits per heavy atom. The molecular weight excluding hydrogens is 258 g/mol. The number of nitrogens with zero attached hydrogens (tertiary/aromatic N) is 1. The number of ether oxygens (including phenoxy) is 1. The van der Waals surface area contributed by atoms with Crippen LogP contribution in [-0.4, -0.2) is 11.7 Å². The van der Waals surface area contributed by atoms with Crippen LogP contribution in [0.15, 0.2) is 35.7 Å². The van der Waals surface area contributed by atoms with Crippen molar-refractivity contribution < 1.29 is 9.84 Å². The van der Waals surface area contributed by atoms with E-state index in [1.54, 1.807) is 29.5 Å². The fourth-order valence-corrected chi connectivity index (χ4v) is 2.27. The van der Waals surface area contributed by atoms with Gasteiger partial charge in [0.1, 0.15) is 25.0 Å². The number of rotatable bonds is 3. The van der Waals surface area contributed by atoms with Crippen molar-refractivity contribution in [3.8, 4) is 23.7 Å². The highest BCUT2D eigenvalue weighted by molar-refractivity contribution is 7.10. The minimum Gasteiger partial charge on any atom is -0.487 e. The summed E-state index contributed by atoms with van der Waals surface area (Å²) in [6.45, 7) is 0.208. The zero-order valence-corrected chi connectivity index (χ0v) is 10.9. The number of aliphatic hydroxyl groups excluding tert-OH is 1. The molecule has 0 radical (unpaired) electrons. The van der Waals surface area contributed by atoms with E-state index in [1.165, 1.54) is 0 Å². The van der Waals surface area contributed by atoms with Gasteiger partial charge in [-0.15, -0.1) is 11.3 Å². The third kappa shape index (κ3) is 3.35. The second-order valence-electron chi connectivity index (χ2n) is 3.61. The molecule has 2 rings (SSSR count). The second-order valence-corrected chi connectivity index (χ2v) is 4.61. The smallest absolute Gasteiger partial charge is 0.137 e. The van der Waals surface area contributed by atoms with Crippen LogP contribution in [0.25, 0.3) is 0 Å². The predicted molar refractivity (Wildman–Crippen MR) is 73.8 cm³/mol. The maximum absolute atomic E-state index is 8.97. The number of aliphatic hydroxyl groups is 1. The Labute approximate surface area is 115 Å². The lowest BCUT2D eigenvalue weighted by Crippen LogP contribution is -1.96. The first-order valence-electron chi connectivity index (χ1n) is 5.63. The summed E-state index contributed by atoms with van der Waals surface area (Å²) >= 11 is 1.54. The molecule has 2 aromatic rings. The Morgan fingerprint density at radius 1 is 1.21 bits per heavy atom. The molecule has 1 aromatic heterocycles. The van der Waals surface area contributed by atoms with Crippen molar-refractivity contribution in [2.75, 3.05) is 6.61 Å². The van der Waals surface area contributed by atoms with Crippen molar-refractivity contribution in [2.45, 2.75) is 6.61 Å². The van der Waals surface area contributed by atoms with Gasteiger partial charge in [-0.1, -0.05) is 24.0 Å². The number of benzene rings is 1. The molecule has 1 heterocycles. The Kier molecular flexibility index (Phi) is 4.58. The van der Waals surface area contributed by atoms with Gasteiger partial charge < -0.3 is 9.84 Å². The topological polar surface area (TPSA) is 53.2 Å². The third-order valence-electron chi connectivity index (χ3n) is 2.41. The lowest BCUT2D eigenvalue weighted by Gasteiger charge is -2.06. The molecule has 1 aromatic carbocycles. The highest BCUT2D eigenvalue weighted by Crippen LogP contribution is 2.21. The van der Waals surface area contributed by atoms with E-state index in [9.17, 15) is 0 Å². The van der Waals surface area contributed by atoms with Crippen molar-refractivity contribution in [3.05, 3.63) is 51.7 Å². The summed E-state index contributed by atoms with van der Waals surface area (Å²) in [5.74, 6) is 6.06. The van der Waals surface area contributed by atoms with Crippen LogP contribution < -0.4 is 4.74 Å². The highest BCUT2D eigenvalue weighted by atomic mass is 32.1. The zero-order chi connectivity index (χ0) is 13.5. The quantitative estimate of drug-likeness (QED) is 0.871. The van der Waals surface area contributed by atoms with Gasteiger partial charge >= 0.3 is 0 Å². The molecule has 0 atom stereocenters. The van der Waals surface area contributed by atoms with E-state index in [0.717, 1.165) is 10.4 Å². The second kappa shape index (κ2) is 6.61. The van der Waals surface area contributed by atoms with E-state index in [0.29, 0.717) is 17.9 Å². The molecule has 0 aliphatic carbocycles. The fourth-order valence-electron chi connectivity index (χ4n) is 1.53. The number of hydrogen-bond acceptors (Lipinski definition) is 4. The molecule has 4 heteroatoms. The molecular formula is C15H11NO2S. The van der Waals surface area contributed by atoms with Crippen LogP contribution in [0.4, 0.5) is 0 Å². The van der Waals surface area contributed by atoms with Gasteiger partial charge in [-0.3, -0.25) is 0 Å². The molecule has 1 N–H and O–H groups in total. The van der Waals surface area contributed by atoms with Gasteiger partial charge in [0.2, 0.25) is 0 Å². The summed E-state index contributed by atoms with van der Waals surface area (Å²) in [4.78, 5) is 0.980. The van der Waals surface area contributed by atoms with Gasteiger partial charge in [-0.2, -0.15) is 5.26 Å². The largest absolute Gasteiger partial charge is 0.487 e. The average Bonchev–Trinajstić information content (AvgIpc) is 2.90. The Bertz CT molecular complexity index is 659. The molecule has 19 heavy (non-hydrogen) atoms. The molecule has 0 aliphatic rings. The average molecular weight is 269 g/mol. The summed E-state index contributed by atoms with van der Waals surface area (Å²) in [7, 11) is 0. The maximum Gasteiger partial charge on any atom is 0.137 e. The van der Waals surface area contributed by atoms with Crippen LogP contribution in [0, 0.1) is 23.2 Å². The molecule has 0 saturated carbocycles. The summed E-state index contributed by atoms with van der Waals surface area (Å²) in [5, 5.41) is 19.6. The van der Waals surface area contributed by atoms with E-state index < -0.39 is 0 Å². The summed E-state index contributed by atoms with van der Waals surface area (Å²) in [5.41, 5.74) is 1.37. The monoisotopic (exact) mass is 269 g/mol. The van der Waals surface area contributed by atoms with Gasteiger partial charge in [0, 0.05) is 5.56 Å². The van der Waals surface area contributed by atoms with Crippen LogP contribution in [0.1, 0.15) is 16.0 Å². The van der Waals surface area contributed by atoms with Crippen molar-refractivity contribution >= 4 is 11.3 Å². The molecule has 0 unspecified atom stereocenters. The SMILES string of the molecule is N#Cc1ccccc1OCc1sccc1C#CCO. The van der Waals surface area contributed by atoms with Gasteiger partial charge in [0.25, 0.3) is 0 Å². The first-order chi connectivity index (χ1) is 9.35. The normalized spacial score (nSPS) is 9.26. The van der Waals surface area contributed by atoms with Crippen LogP contribution in [0.5, 0.6) is 5.75 Å². The molecule has 0 spiro atoms. The lowest BCUT2D eigenvalue weighted by atomic mass is 10.2. The number of hydrogen-bond donors (Lipinski definition) is 1. The first-order valence-corrected chi connectivity index (χ1v) is 6.51. The van der Waals surface area contributed by atoms with E-state index >= 15 is 0 Å². The molecule has 0 saturated heterocycles. The Morgan fingerprint density at radius 2 is 2.05 bits per heavy atom. The molecule has 0 amide bonds. The molecule has 3 nitrogen and oxygen atoms in total. The van der Waals surface area contributed by atoms with Crippen molar-refractivity contribution in [1.29, 1.82) is 5.26 Å². The first kappa shape index (κ1) is 13.2. The van der Waals surface area contributed by atoms with E-state index in [1.807, 2.05) is 17.5 Å². The summed E-state index contributed by atoms with van der Waals surface area (Å²) in [6.07, 6.45) is 0. The van der Waals surface area contributed by atoms with Gasteiger partial charge in [-0.05, 0) is 23.6 Å². The molecule has 94 valence electrons. The molecule has 0 bridgehead atoms. The number of nitriles is 1. The van der Waals surface area contributed by atoms with E-state index in [2.05, 4.69) is 17.9 Å². The van der Waals surface area contributed by atoms with Crippen LogP contribution in [-0.2, 0) is 6.61 Å². The maximum atomic E-state index is 8.97. The third-order valence-corrected chi connectivity index (χ3v) is 3.31. The van der Waals surface area contributed by atoms with Crippen LogP contribution >= 0.6 is 11.3 Å². The van der Waals surface area contributed by atoms with Crippen LogP contribution in [0.3, 0.4) is 0 Å². The summed E-state index contributed by atoms with van der Waals surface area (Å²) < 4.78 is 5.65. The number of thiophene rings is 1. The predicted octanol–water partition coefficient (Wildman–Crippen LogP) is 2.54. The zero-order valence-electron chi connectivity index (χ0n) is 10.1. The molecule has 0 aliphatic heterocycles. The van der Waals surface area contributed by atoms with E-state index in [4.69, 9.17) is 15.1 Å². The van der Waals surface area contributed by atoms with Crippen molar-refractivity contribution in [3.63, 3.8) is 0 Å². The Hall–Kier alpha value is -2.27. The number of para-hydroxylation sites is 1. The minimum absolute atomic E-state index is 0.159. The lowest BCUT2D eigenvalue weighted by molar-refractivity contribution is 0.308. The van der Waals surface area contributed by atoms with Gasteiger partial charge in [0.05, 0.1) is 10.4 Å². The Balaban J connectivity index is 2.11. The summed E-state index contributed by atoms with van der Waals surface area (Å²) in [6, 6.07) is 11.1. The van der Waals surface area contributed by atoms with E-state index in [-0.39, 0.29) is 6.61 Å². The standard InChI is InChI=1S/C15H11NO2S/c16-10-13-4-1-2-6-14(13)18-11-15-12(5-3-8-17)7-9-19-15/h1-2,4,6-7,9,17H,8,11H2. The van der Waals surface area contributed by atoms with Crippen molar-refractivity contribution in [1.82, 2.24) is 0 Å². The minimum atomic E-state index is -0.159. The van der Waals surface area contributed by atoms with Crippen molar-refractivity contribution in [2.24, 2.45) is 0 Å². The van der Waals surface area contributed by atoms with Crippen LogP contribution in [0.2, 0.25) is 0 Å². The highest BCUT2D eigenvalue weighted by Gasteiger charge is 2.05. The fraction of sp³-hybridized carbons (Fsp3) is 0.133. The molecule has 0 fully saturated rings. The van der Waals surface area contributed by atoms with Gasteiger partial charge in [-0.25, -0.2) is 0 Å². The van der Waals surface area contributed by atoms with Gasteiger partial charge in [0.15, 0.2) is 0 Å².